The third kappa shape index (κ3) is 3.80. The zero-order valence-electron chi connectivity index (χ0n) is 14.6. The number of benzene rings is 2. The molecule has 1 amide bonds. The Bertz CT molecular complexity index is 867. The lowest BCUT2D eigenvalue weighted by molar-refractivity contribution is -0.114. The number of anilines is 1. The third-order valence-electron chi connectivity index (χ3n) is 4.75. The van der Waals surface area contributed by atoms with Crippen LogP contribution in [0, 0.1) is 5.92 Å². The number of rotatable bonds is 5. The van der Waals surface area contributed by atoms with E-state index in [0.717, 1.165) is 5.56 Å². The second kappa shape index (κ2) is 7.57. The van der Waals surface area contributed by atoms with Gasteiger partial charge in [0.1, 0.15) is 0 Å². The summed E-state index contributed by atoms with van der Waals surface area (Å²) in [7, 11) is -3.60. The number of nitrogens with one attached hydrogen (secondary N) is 1. The molecule has 6 nitrogen and oxygen atoms in total. The van der Waals surface area contributed by atoms with Crippen molar-refractivity contribution in [2.24, 2.45) is 11.7 Å². The molecule has 1 aliphatic rings. The minimum atomic E-state index is -3.60. The monoisotopic (exact) mass is 373 g/mol. The van der Waals surface area contributed by atoms with Gasteiger partial charge in [0.25, 0.3) is 0 Å². The van der Waals surface area contributed by atoms with E-state index in [2.05, 4.69) is 5.32 Å². The number of nitrogens with zero attached hydrogens (tertiary/aromatic N) is 1. The fraction of sp³-hybridized carbons (Fsp3) is 0.316. The number of sulfonamides is 1. The number of nitrogens with two attached hydrogens (primary N) is 1. The second-order valence-corrected chi connectivity index (χ2v) is 8.48. The highest BCUT2D eigenvalue weighted by molar-refractivity contribution is 7.89. The standard InChI is InChI=1S/C19H23N3O3S/c1-14(23)21-17-7-9-18(10-8-17)26(24,25)22-12-16(11-20)19(13-22)15-5-3-2-4-6-15/h2-10,16,19H,11-13,20H2,1H3,(H,21,23)/t16-,19+/m1/s1. The van der Waals surface area contributed by atoms with Gasteiger partial charge < -0.3 is 11.1 Å². The first-order valence-corrected chi connectivity index (χ1v) is 9.98. The van der Waals surface area contributed by atoms with E-state index >= 15 is 0 Å². The summed E-state index contributed by atoms with van der Waals surface area (Å²) in [6.45, 7) is 2.67. The fourth-order valence-corrected chi connectivity index (χ4v) is 4.93. The van der Waals surface area contributed by atoms with Crippen LogP contribution >= 0.6 is 0 Å². The van der Waals surface area contributed by atoms with Gasteiger partial charge in [0, 0.05) is 31.6 Å². The van der Waals surface area contributed by atoms with Crippen molar-refractivity contribution in [1.29, 1.82) is 0 Å². The molecule has 1 saturated heterocycles. The number of amides is 1. The van der Waals surface area contributed by atoms with E-state index in [0.29, 0.717) is 25.3 Å². The summed E-state index contributed by atoms with van der Waals surface area (Å²) < 4.78 is 27.5. The van der Waals surface area contributed by atoms with E-state index in [1.165, 1.54) is 23.4 Å². The molecule has 0 saturated carbocycles. The first kappa shape index (κ1) is 18.6. The van der Waals surface area contributed by atoms with Crippen molar-refractivity contribution in [3.8, 4) is 0 Å². The summed E-state index contributed by atoms with van der Waals surface area (Å²) in [5.74, 6) is -0.0166. The minimum Gasteiger partial charge on any atom is -0.330 e. The molecule has 2 atom stereocenters. The van der Waals surface area contributed by atoms with E-state index in [-0.39, 0.29) is 22.6 Å². The Labute approximate surface area is 154 Å². The molecule has 0 bridgehead atoms. The van der Waals surface area contributed by atoms with Crippen LogP contribution in [0.2, 0.25) is 0 Å². The molecule has 3 N–H and O–H groups in total. The molecule has 7 heteroatoms. The maximum absolute atomic E-state index is 13.0. The average Bonchev–Trinajstić information content (AvgIpc) is 3.08. The van der Waals surface area contributed by atoms with Crippen LogP contribution in [0.15, 0.2) is 59.5 Å². The maximum Gasteiger partial charge on any atom is 0.243 e. The van der Waals surface area contributed by atoms with Crippen LogP contribution in [0.4, 0.5) is 5.69 Å². The predicted octanol–water partition coefficient (Wildman–Crippen LogP) is 2.01. The Balaban J connectivity index is 1.82. The Kier molecular flexibility index (Phi) is 5.41. The van der Waals surface area contributed by atoms with Crippen LogP contribution in [0.5, 0.6) is 0 Å². The van der Waals surface area contributed by atoms with Crippen molar-refractivity contribution >= 4 is 21.6 Å². The third-order valence-corrected chi connectivity index (χ3v) is 6.60. The first-order valence-electron chi connectivity index (χ1n) is 8.54. The lowest BCUT2D eigenvalue weighted by Gasteiger charge is -2.17. The Morgan fingerprint density at radius 2 is 1.77 bits per heavy atom. The first-order chi connectivity index (χ1) is 12.4. The van der Waals surface area contributed by atoms with Crippen molar-refractivity contribution in [2.45, 2.75) is 17.7 Å². The molecule has 0 aromatic heterocycles. The van der Waals surface area contributed by atoms with Crippen molar-refractivity contribution in [3.05, 3.63) is 60.2 Å². The highest BCUT2D eigenvalue weighted by Gasteiger charge is 2.39. The fourth-order valence-electron chi connectivity index (χ4n) is 3.41. The van der Waals surface area contributed by atoms with E-state index in [1.54, 1.807) is 12.1 Å². The topological polar surface area (TPSA) is 92.5 Å². The normalized spacial score (nSPS) is 20.8. The Morgan fingerprint density at radius 1 is 1.12 bits per heavy atom. The zero-order valence-corrected chi connectivity index (χ0v) is 15.4. The van der Waals surface area contributed by atoms with Gasteiger partial charge in [0.15, 0.2) is 0 Å². The summed E-state index contributed by atoms with van der Waals surface area (Å²) in [4.78, 5) is 11.3. The van der Waals surface area contributed by atoms with Gasteiger partial charge in [-0.15, -0.1) is 0 Å². The molecule has 1 fully saturated rings. The lowest BCUT2D eigenvalue weighted by Crippen LogP contribution is -2.30. The largest absolute Gasteiger partial charge is 0.330 e. The highest BCUT2D eigenvalue weighted by atomic mass is 32.2. The molecule has 0 aliphatic carbocycles. The smallest absolute Gasteiger partial charge is 0.243 e. The molecule has 0 radical (unpaired) electrons. The van der Waals surface area contributed by atoms with Crippen molar-refractivity contribution < 1.29 is 13.2 Å². The SMILES string of the molecule is CC(=O)Nc1ccc(S(=O)(=O)N2C[C@@H](CN)[C@H](c3ccccc3)C2)cc1. The Hall–Kier alpha value is -2.22. The van der Waals surface area contributed by atoms with E-state index < -0.39 is 10.0 Å². The lowest BCUT2D eigenvalue weighted by atomic mass is 9.89. The number of carbonyl (C=O) groups excluding carboxylic acids is 1. The summed E-state index contributed by atoms with van der Waals surface area (Å²) in [5, 5.41) is 2.63. The quantitative estimate of drug-likeness (QED) is 0.838. The van der Waals surface area contributed by atoms with Crippen LogP contribution in [0.3, 0.4) is 0 Å². The van der Waals surface area contributed by atoms with Gasteiger partial charge in [-0.05, 0) is 42.3 Å². The summed E-state index contributed by atoms with van der Waals surface area (Å²) in [6.07, 6.45) is 0. The summed E-state index contributed by atoms with van der Waals surface area (Å²) >= 11 is 0. The van der Waals surface area contributed by atoms with Crippen molar-refractivity contribution in [1.82, 2.24) is 4.31 Å². The van der Waals surface area contributed by atoms with Crippen LogP contribution in [-0.2, 0) is 14.8 Å². The Morgan fingerprint density at radius 3 is 2.35 bits per heavy atom. The molecule has 26 heavy (non-hydrogen) atoms. The van der Waals surface area contributed by atoms with Crippen LogP contribution in [0.1, 0.15) is 18.4 Å². The number of carbonyl (C=O) groups is 1. The molecule has 2 aromatic carbocycles. The summed E-state index contributed by atoms with van der Waals surface area (Å²) in [5.41, 5.74) is 7.59. The summed E-state index contributed by atoms with van der Waals surface area (Å²) in [6, 6.07) is 16.1. The van der Waals surface area contributed by atoms with Crippen LogP contribution < -0.4 is 11.1 Å². The van der Waals surface area contributed by atoms with E-state index in [1.807, 2.05) is 30.3 Å². The second-order valence-electron chi connectivity index (χ2n) is 6.54. The van der Waals surface area contributed by atoms with Gasteiger partial charge >= 0.3 is 0 Å². The molecular formula is C19H23N3O3S. The van der Waals surface area contributed by atoms with Gasteiger partial charge in [0.2, 0.25) is 15.9 Å². The van der Waals surface area contributed by atoms with E-state index in [9.17, 15) is 13.2 Å². The molecule has 1 heterocycles. The van der Waals surface area contributed by atoms with Gasteiger partial charge in [-0.25, -0.2) is 8.42 Å². The van der Waals surface area contributed by atoms with Gasteiger partial charge in [-0.2, -0.15) is 4.31 Å². The molecule has 1 aliphatic heterocycles. The van der Waals surface area contributed by atoms with Crippen molar-refractivity contribution in [2.75, 3.05) is 25.0 Å². The highest BCUT2D eigenvalue weighted by Crippen LogP contribution is 2.35. The van der Waals surface area contributed by atoms with E-state index in [4.69, 9.17) is 5.73 Å². The molecule has 3 rings (SSSR count). The zero-order chi connectivity index (χ0) is 18.7. The molecule has 2 aromatic rings. The molecule has 138 valence electrons. The molecular weight excluding hydrogens is 350 g/mol. The van der Waals surface area contributed by atoms with Crippen LogP contribution in [0.25, 0.3) is 0 Å². The molecule has 0 spiro atoms. The average molecular weight is 373 g/mol. The maximum atomic E-state index is 13.0. The van der Waals surface area contributed by atoms with Gasteiger partial charge in [0.05, 0.1) is 4.90 Å². The predicted molar refractivity (Wildman–Crippen MR) is 101 cm³/mol. The number of hydrogen-bond donors (Lipinski definition) is 2. The van der Waals surface area contributed by atoms with Crippen LogP contribution in [-0.4, -0.2) is 38.3 Å². The minimum absolute atomic E-state index is 0.0887. The van der Waals surface area contributed by atoms with Gasteiger partial charge in [-0.1, -0.05) is 30.3 Å². The molecule has 0 unspecified atom stereocenters. The van der Waals surface area contributed by atoms with Crippen molar-refractivity contribution in [3.63, 3.8) is 0 Å². The number of hydrogen-bond acceptors (Lipinski definition) is 4. The van der Waals surface area contributed by atoms with Gasteiger partial charge in [-0.3, -0.25) is 4.79 Å².